The van der Waals surface area contributed by atoms with E-state index in [1.807, 2.05) is 6.08 Å². The molecule has 9 heteroatoms. The van der Waals surface area contributed by atoms with Crippen molar-refractivity contribution in [3.05, 3.63) is 24.3 Å². The van der Waals surface area contributed by atoms with Crippen molar-refractivity contribution in [3.63, 3.8) is 0 Å². The fourth-order valence-electron chi connectivity index (χ4n) is 5.89. The van der Waals surface area contributed by atoms with Crippen molar-refractivity contribution in [3.8, 4) is 0 Å². The average molecular weight is 715 g/mol. The van der Waals surface area contributed by atoms with Gasteiger partial charge in [-0.1, -0.05) is 167 Å². The summed E-state index contributed by atoms with van der Waals surface area (Å²) in [5, 5.41) is 13.6. The molecule has 49 heavy (non-hydrogen) atoms. The number of phosphoric ester groups is 1. The third-order valence-electron chi connectivity index (χ3n) is 9.02. The van der Waals surface area contributed by atoms with Crippen LogP contribution in [0, 0.1) is 0 Å². The number of nitrogens with one attached hydrogen (secondary N) is 1. The topological polar surface area (TPSA) is 131 Å². The summed E-state index contributed by atoms with van der Waals surface area (Å²) in [7, 11) is -4.33. The molecule has 0 fully saturated rings. The van der Waals surface area contributed by atoms with Crippen LogP contribution >= 0.6 is 7.82 Å². The van der Waals surface area contributed by atoms with Gasteiger partial charge in [-0.3, -0.25) is 13.8 Å². The first-order valence-electron chi connectivity index (χ1n) is 20.5. The van der Waals surface area contributed by atoms with E-state index >= 15 is 0 Å². The van der Waals surface area contributed by atoms with Gasteiger partial charge in [0.15, 0.2) is 0 Å². The van der Waals surface area contributed by atoms with Crippen molar-refractivity contribution < 1.29 is 28.4 Å². The second-order valence-corrected chi connectivity index (χ2v) is 15.3. The van der Waals surface area contributed by atoms with E-state index in [-0.39, 0.29) is 25.7 Å². The van der Waals surface area contributed by atoms with E-state index in [1.54, 1.807) is 6.08 Å². The van der Waals surface area contributed by atoms with Crippen LogP contribution in [0.5, 0.6) is 0 Å². The highest BCUT2D eigenvalue weighted by molar-refractivity contribution is 7.47. The summed E-state index contributed by atoms with van der Waals surface area (Å²) in [5.41, 5.74) is 5.35. The monoisotopic (exact) mass is 715 g/mol. The molecule has 0 aromatic heterocycles. The molecule has 8 nitrogen and oxygen atoms in total. The molecule has 3 unspecified atom stereocenters. The van der Waals surface area contributed by atoms with E-state index in [1.165, 1.54) is 135 Å². The first-order chi connectivity index (χ1) is 23.9. The van der Waals surface area contributed by atoms with Crippen molar-refractivity contribution >= 4 is 13.7 Å². The Bertz CT molecular complexity index is 825. The maximum Gasteiger partial charge on any atom is 0.472 e. The van der Waals surface area contributed by atoms with Crippen LogP contribution in [0.15, 0.2) is 24.3 Å². The molecule has 0 aromatic rings. The number of phosphoric acid groups is 1. The summed E-state index contributed by atoms with van der Waals surface area (Å²) in [5.74, 6) is -0.198. The van der Waals surface area contributed by atoms with Crippen molar-refractivity contribution in [2.24, 2.45) is 5.73 Å². The largest absolute Gasteiger partial charge is 0.472 e. The Kier molecular flexibility index (Phi) is 36.0. The second-order valence-electron chi connectivity index (χ2n) is 13.8. The van der Waals surface area contributed by atoms with E-state index in [0.717, 1.165) is 38.5 Å². The van der Waals surface area contributed by atoms with Gasteiger partial charge in [0.1, 0.15) is 0 Å². The van der Waals surface area contributed by atoms with Gasteiger partial charge >= 0.3 is 7.82 Å². The lowest BCUT2D eigenvalue weighted by Gasteiger charge is -2.23. The smallest absolute Gasteiger partial charge is 0.387 e. The fraction of sp³-hybridized carbons (Fsp3) is 0.875. The molecule has 0 rings (SSSR count). The van der Waals surface area contributed by atoms with Crippen LogP contribution in [0.25, 0.3) is 0 Å². The molecule has 0 spiro atoms. The SMILES string of the molecule is CCCCCCCCC/C=C/C(O)C(COP(=O)(O)OCCN)NC(=O)CCCCCCCCCCC/C=C\CCCCCCCCCC. The number of carbonyl (C=O) groups is 1. The number of rotatable bonds is 38. The number of carbonyl (C=O) groups excluding carboxylic acids is 1. The average Bonchev–Trinajstić information content (AvgIpc) is 3.09. The molecule has 0 bridgehead atoms. The van der Waals surface area contributed by atoms with Crippen molar-refractivity contribution in [2.45, 2.75) is 206 Å². The molecule has 0 radical (unpaired) electrons. The molecule has 0 aliphatic rings. The Morgan fingerprint density at radius 1 is 0.653 bits per heavy atom. The maximum absolute atomic E-state index is 12.7. The van der Waals surface area contributed by atoms with Gasteiger partial charge in [0, 0.05) is 13.0 Å². The number of amides is 1. The zero-order valence-electron chi connectivity index (χ0n) is 31.9. The number of unbranched alkanes of at least 4 members (excludes halogenated alkanes) is 24. The molecule has 3 atom stereocenters. The number of aliphatic hydroxyl groups excluding tert-OH is 1. The quantitative estimate of drug-likeness (QED) is 0.0284. The Balaban J connectivity index is 4.10. The van der Waals surface area contributed by atoms with Crippen LogP contribution in [-0.4, -0.2) is 47.8 Å². The van der Waals surface area contributed by atoms with Gasteiger partial charge in [0.2, 0.25) is 5.91 Å². The number of allylic oxidation sites excluding steroid dienone is 3. The van der Waals surface area contributed by atoms with Gasteiger partial charge in [-0.2, -0.15) is 0 Å². The highest BCUT2D eigenvalue weighted by atomic mass is 31.2. The highest BCUT2D eigenvalue weighted by Crippen LogP contribution is 2.43. The molecular weight excluding hydrogens is 635 g/mol. The van der Waals surface area contributed by atoms with Crippen molar-refractivity contribution in [2.75, 3.05) is 19.8 Å². The zero-order chi connectivity index (χ0) is 36.1. The molecule has 0 saturated carbocycles. The van der Waals surface area contributed by atoms with Gasteiger partial charge in [-0.25, -0.2) is 4.57 Å². The Labute approximate surface area is 302 Å². The van der Waals surface area contributed by atoms with Crippen LogP contribution in [0.2, 0.25) is 0 Å². The van der Waals surface area contributed by atoms with Gasteiger partial charge < -0.3 is 21.1 Å². The van der Waals surface area contributed by atoms with Crippen LogP contribution in [0.3, 0.4) is 0 Å². The van der Waals surface area contributed by atoms with Crippen molar-refractivity contribution in [1.29, 1.82) is 0 Å². The molecule has 0 heterocycles. The molecule has 290 valence electrons. The zero-order valence-corrected chi connectivity index (χ0v) is 32.8. The number of nitrogens with two attached hydrogens (primary N) is 1. The summed E-state index contributed by atoms with van der Waals surface area (Å²) >= 11 is 0. The predicted octanol–water partition coefficient (Wildman–Crippen LogP) is 11.0. The minimum atomic E-state index is -4.33. The molecule has 0 aliphatic heterocycles. The van der Waals surface area contributed by atoms with Gasteiger partial charge in [-0.15, -0.1) is 0 Å². The predicted molar refractivity (Wildman–Crippen MR) is 208 cm³/mol. The van der Waals surface area contributed by atoms with Crippen molar-refractivity contribution in [1.82, 2.24) is 5.32 Å². The maximum atomic E-state index is 12.7. The summed E-state index contributed by atoms with van der Waals surface area (Å²) < 4.78 is 22.0. The van der Waals surface area contributed by atoms with E-state index in [9.17, 15) is 19.4 Å². The van der Waals surface area contributed by atoms with Crippen LogP contribution in [0.1, 0.15) is 194 Å². The minimum absolute atomic E-state index is 0.0787. The van der Waals surface area contributed by atoms with Crippen LogP contribution in [0.4, 0.5) is 0 Å². The first kappa shape index (κ1) is 48.0. The third kappa shape index (κ3) is 35.2. The van der Waals surface area contributed by atoms with Gasteiger partial charge in [0.25, 0.3) is 0 Å². The molecule has 5 N–H and O–H groups in total. The van der Waals surface area contributed by atoms with E-state index in [2.05, 4.69) is 31.3 Å². The lowest BCUT2D eigenvalue weighted by molar-refractivity contribution is -0.123. The van der Waals surface area contributed by atoms with E-state index < -0.39 is 20.0 Å². The minimum Gasteiger partial charge on any atom is -0.387 e. The van der Waals surface area contributed by atoms with E-state index in [0.29, 0.717) is 6.42 Å². The second kappa shape index (κ2) is 36.8. The normalized spacial score (nSPS) is 14.5. The van der Waals surface area contributed by atoms with Gasteiger partial charge in [0.05, 0.1) is 25.4 Å². The van der Waals surface area contributed by atoms with E-state index in [4.69, 9.17) is 14.8 Å². The molecular formula is C40H79N2O6P. The lowest BCUT2D eigenvalue weighted by atomic mass is 10.0. The number of aliphatic hydroxyl groups is 1. The molecule has 1 amide bonds. The Morgan fingerprint density at radius 2 is 1.06 bits per heavy atom. The number of hydrogen-bond donors (Lipinski definition) is 4. The summed E-state index contributed by atoms with van der Waals surface area (Å²) in [6.07, 6.45) is 40.9. The summed E-state index contributed by atoms with van der Waals surface area (Å²) in [6.45, 7) is 4.10. The number of hydrogen-bond acceptors (Lipinski definition) is 6. The fourth-order valence-corrected chi connectivity index (χ4v) is 6.65. The Hall–Kier alpha value is -1.02. The van der Waals surface area contributed by atoms with Crippen LogP contribution < -0.4 is 11.1 Å². The third-order valence-corrected chi connectivity index (χ3v) is 10.0. The van der Waals surface area contributed by atoms with Crippen LogP contribution in [-0.2, 0) is 18.4 Å². The summed E-state index contributed by atoms with van der Waals surface area (Å²) in [6, 6.07) is -0.856. The molecule has 0 aliphatic carbocycles. The summed E-state index contributed by atoms with van der Waals surface area (Å²) in [4.78, 5) is 22.6. The highest BCUT2D eigenvalue weighted by Gasteiger charge is 2.26. The molecule has 0 saturated heterocycles. The molecule has 0 aromatic carbocycles. The lowest BCUT2D eigenvalue weighted by Crippen LogP contribution is -2.45. The standard InChI is InChI=1S/C40H79N2O6P/c1-3-5-7-9-11-13-14-15-16-17-18-19-20-21-22-23-24-26-28-30-32-34-40(44)42-38(37-48-49(45,46)47-36-35-41)39(43)33-31-29-27-25-12-10-8-6-4-2/h17-18,31,33,38-39,43H,3-16,19-30,32,34-37,41H2,1-2H3,(H,42,44)(H,45,46)/b18-17-,33-31+. The Morgan fingerprint density at radius 3 is 1.51 bits per heavy atom. The first-order valence-corrected chi connectivity index (χ1v) is 22.0. The van der Waals surface area contributed by atoms with Gasteiger partial charge in [-0.05, 0) is 44.9 Å².